The molecule has 3 aromatic heterocycles. The number of aryl methyl sites for hydroxylation is 1. The SMILES string of the molecule is Cc1ccc2c(n1)sc1c(=O)[nH][nH]c12. The molecule has 0 bridgehead atoms. The standard InChI is InChI=1S/C9H7N3OS/c1-4-2-3-5-6-7(8(13)12-11-6)14-9(5)10-4/h2-3H,1H3,(H2,11,12,13). The van der Waals surface area contributed by atoms with Crippen LogP contribution in [0.1, 0.15) is 5.69 Å². The van der Waals surface area contributed by atoms with E-state index >= 15 is 0 Å². The van der Waals surface area contributed by atoms with Crippen molar-refractivity contribution >= 4 is 31.8 Å². The highest BCUT2D eigenvalue weighted by Gasteiger charge is 2.09. The fraction of sp³-hybridized carbons (Fsp3) is 0.111. The summed E-state index contributed by atoms with van der Waals surface area (Å²) in [5, 5.41) is 6.44. The Bertz CT molecular complexity index is 676. The quantitative estimate of drug-likeness (QED) is 0.587. The van der Waals surface area contributed by atoms with Crippen LogP contribution < -0.4 is 5.56 Å². The molecular formula is C9H7N3OS. The van der Waals surface area contributed by atoms with E-state index in [9.17, 15) is 4.79 Å². The number of rotatable bonds is 0. The molecule has 0 unspecified atom stereocenters. The summed E-state index contributed by atoms with van der Waals surface area (Å²) in [6.45, 7) is 1.94. The minimum atomic E-state index is -0.0688. The normalized spacial score (nSPS) is 11.5. The highest BCUT2D eigenvalue weighted by Crippen LogP contribution is 2.28. The predicted molar refractivity (Wildman–Crippen MR) is 56.8 cm³/mol. The number of hydrogen-bond acceptors (Lipinski definition) is 3. The topological polar surface area (TPSA) is 61.5 Å². The highest BCUT2D eigenvalue weighted by atomic mass is 32.1. The van der Waals surface area contributed by atoms with E-state index < -0.39 is 0 Å². The lowest BCUT2D eigenvalue weighted by Crippen LogP contribution is -1.95. The van der Waals surface area contributed by atoms with Gasteiger partial charge in [0.1, 0.15) is 9.53 Å². The molecule has 0 spiro atoms. The van der Waals surface area contributed by atoms with Crippen LogP contribution >= 0.6 is 11.3 Å². The van der Waals surface area contributed by atoms with Crippen LogP contribution in [0.2, 0.25) is 0 Å². The first kappa shape index (κ1) is 7.75. The van der Waals surface area contributed by atoms with E-state index in [0.29, 0.717) is 0 Å². The minimum absolute atomic E-state index is 0.0688. The zero-order chi connectivity index (χ0) is 9.71. The second-order valence-electron chi connectivity index (χ2n) is 3.19. The number of H-pyrrole nitrogens is 2. The molecular weight excluding hydrogens is 198 g/mol. The number of fused-ring (bicyclic) bond motifs is 3. The maximum absolute atomic E-state index is 11.3. The van der Waals surface area contributed by atoms with Crippen LogP contribution in [0, 0.1) is 6.92 Å². The molecule has 0 saturated heterocycles. The van der Waals surface area contributed by atoms with Gasteiger partial charge in [0.15, 0.2) is 0 Å². The Labute approximate surface area is 82.6 Å². The van der Waals surface area contributed by atoms with Crippen LogP contribution in [0.5, 0.6) is 0 Å². The monoisotopic (exact) mass is 205 g/mol. The molecule has 0 fully saturated rings. The molecule has 0 aliphatic rings. The van der Waals surface area contributed by atoms with Crippen molar-refractivity contribution in [3.8, 4) is 0 Å². The van der Waals surface area contributed by atoms with E-state index in [1.54, 1.807) is 0 Å². The Kier molecular flexibility index (Phi) is 1.36. The fourth-order valence-corrected chi connectivity index (χ4v) is 2.60. The van der Waals surface area contributed by atoms with Crippen molar-refractivity contribution in [3.63, 3.8) is 0 Å². The van der Waals surface area contributed by atoms with Crippen LogP contribution in [0.3, 0.4) is 0 Å². The maximum Gasteiger partial charge on any atom is 0.281 e. The Morgan fingerprint density at radius 3 is 3.07 bits per heavy atom. The summed E-state index contributed by atoms with van der Waals surface area (Å²) in [7, 11) is 0. The molecule has 0 aliphatic carbocycles. The molecule has 4 nitrogen and oxygen atoms in total. The van der Waals surface area contributed by atoms with E-state index in [1.807, 2.05) is 19.1 Å². The van der Waals surface area contributed by atoms with E-state index in [4.69, 9.17) is 0 Å². The van der Waals surface area contributed by atoms with Crippen LogP contribution in [0.25, 0.3) is 20.4 Å². The molecule has 2 N–H and O–H groups in total. The minimum Gasteiger partial charge on any atom is -0.296 e. The zero-order valence-electron chi connectivity index (χ0n) is 7.42. The Morgan fingerprint density at radius 2 is 2.21 bits per heavy atom. The molecule has 0 radical (unpaired) electrons. The zero-order valence-corrected chi connectivity index (χ0v) is 8.23. The van der Waals surface area contributed by atoms with Crippen LogP contribution in [-0.4, -0.2) is 15.2 Å². The van der Waals surface area contributed by atoms with Crippen molar-refractivity contribution in [2.75, 3.05) is 0 Å². The molecule has 3 heterocycles. The Balaban J connectivity index is 2.63. The van der Waals surface area contributed by atoms with Gasteiger partial charge in [0.2, 0.25) is 0 Å². The van der Waals surface area contributed by atoms with Gasteiger partial charge in [-0.25, -0.2) is 4.98 Å². The summed E-state index contributed by atoms with van der Waals surface area (Å²) in [6, 6.07) is 3.93. The third kappa shape index (κ3) is 0.871. The van der Waals surface area contributed by atoms with Gasteiger partial charge in [-0.2, -0.15) is 0 Å². The molecule has 3 rings (SSSR count). The van der Waals surface area contributed by atoms with Crippen molar-refractivity contribution in [2.45, 2.75) is 6.92 Å². The third-order valence-corrected chi connectivity index (χ3v) is 3.30. The van der Waals surface area contributed by atoms with Gasteiger partial charge >= 0.3 is 0 Å². The second kappa shape index (κ2) is 2.45. The summed E-state index contributed by atoms with van der Waals surface area (Å²) in [6.07, 6.45) is 0. The molecule has 3 aromatic rings. The predicted octanol–water partition coefficient (Wildman–Crippen LogP) is 1.77. The van der Waals surface area contributed by atoms with Crippen LogP contribution in [0.4, 0.5) is 0 Å². The lowest BCUT2D eigenvalue weighted by molar-refractivity contribution is 1.08. The van der Waals surface area contributed by atoms with Gasteiger partial charge in [0.25, 0.3) is 5.56 Å². The summed E-state index contributed by atoms with van der Waals surface area (Å²) in [5.74, 6) is 0. The maximum atomic E-state index is 11.3. The van der Waals surface area contributed by atoms with Gasteiger partial charge in [-0.15, -0.1) is 11.3 Å². The Morgan fingerprint density at radius 1 is 1.36 bits per heavy atom. The van der Waals surface area contributed by atoms with E-state index in [-0.39, 0.29) is 5.56 Å². The number of aromatic nitrogens is 3. The van der Waals surface area contributed by atoms with Gasteiger partial charge in [0.05, 0.1) is 5.52 Å². The average Bonchev–Trinajstić information content (AvgIpc) is 2.66. The van der Waals surface area contributed by atoms with Crippen LogP contribution in [-0.2, 0) is 0 Å². The summed E-state index contributed by atoms with van der Waals surface area (Å²) >= 11 is 1.42. The number of aromatic amines is 2. The van der Waals surface area contributed by atoms with Gasteiger partial charge in [-0.3, -0.25) is 15.0 Å². The molecule has 0 saturated carbocycles. The van der Waals surface area contributed by atoms with E-state index in [2.05, 4.69) is 15.2 Å². The summed E-state index contributed by atoms with van der Waals surface area (Å²) in [5.41, 5.74) is 1.76. The van der Waals surface area contributed by atoms with E-state index in [1.165, 1.54) is 11.3 Å². The number of nitrogens with zero attached hydrogens (tertiary/aromatic N) is 1. The number of pyridine rings is 1. The first-order chi connectivity index (χ1) is 6.75. The largest absolute Gasteiger partial charge is 0.296 e. The van der Waals surface area contributed by atoms with Crippen molar-refractivity contribution in [1.29, 1.82) is 0 Å². The Hall–Kier alpha value is -1.62. The third-order valence-electron chi connectivity index (χ3n) is 2.20. The van der Waals surface area contributed by atoms with Gasteiger partial charge < -0.3 is 0 Å². The summed E-state index contributed by atoms with van der Waals surface area (Å²) < 4.78 is 0.720. The molecule has 0 aliphatic heterocycles. The van der Waals surface area contributed by atoms with Gasteiger partial charge in [0, 0.05) is 11.1 Å². The average molecular weight is 205 g/mol. The number of hydrogen-bond donors (Lipinski definition) is 2. The van der Waals surface area contributed by atoms with Crippen molar-refractivity contribution in [1.82, 2.24) is 15.2 Å². The number of thiophene rings is 1. The van der Waals surface area contributed by atoms with Crippen LogP contribution in [0.15, 0.2) is 16.9 Å². The molecule has 14 heavy (non-hydrogen) atoms. The van der Waals surface area contributed by atoms with Crippen molar-refractivity contribution in [2.24, 2.45) is 0 Å². The summed E-state index contributed by atoms with van der Waals surface area (Å²) in [4.78, 5) is 16.6. The van der Waals surface area contributed by atoms with Crippen molar-refractivity contribution < 1.29 is 0 Å². The van der Waals surface area contributed by atoms with Crippen molar-refractivity contribution in [3.05, 3.63) is 28.2 Å². The second-order valence-corrected chi connectivity index (χ2v) is 4.19. The molecule has 0 aromatic carbocycles. The molecule has 0 atom stereocenters. The highest BCUT2D eigenvalue weighted by molar-refractivity contribution is 7.25. The molecule has 5 heteroatoms. The first-order valence-electron chi connectivity index (χ1n) is 4.22. The van der Waals surface area contributed by atoms with E-state index in [0.717, 1.165) is 26.1 Å². The molecule has 0 amide bonds. The fourth-order valence-electron chi connectivity index (χ4n) is 1.53. The smallest absolute Gasteiger partial charge is 0.281 e. The number of nitrogens with one attached hydrogen (secondary N) is 2. The van der Waals surface area contributed by atoms with Gasteiger partial charge in [-0.1, -0.05) is 0 Å². The molecule has 70 valence electrons. The lowest BCUT2D eigenvalue weighted by atomic mass is 10.3. The lowest BCUT2D eigenvalue weighted by Gasteiger charge is -1.90. The first-order valence-corrected chi connectivity index (χ1v) is 5.04. The van der Waals surface area contributed by atoms with Gasteiger partial charge in [-0.05, 0) is 19.1 Å².